The lowest BCUT2D eigenvalue weighted by molar-refractivity contribution is 0.0927. The fourth-order valence-electron chi connectivity index (χ4n) is 1.61. The number of rotatable bonds is 3. The molecule has 0 spiro atoms. The van der Waals surface area contributed by atoms with Crippen LogP contribution in [0.2, 0.25) is 0 Å². The Hall–Kier alpha value is -1.84. The molecule has 0 radical (unpaired) electrons. The van der Waals surface area contributed by atoms with E-state index < -0.39 is 0 Å². The van der Waals surface area contributed by atoms with Gasteiger partial charge in [-0.25, -0.2) is 4.68 Å². The maximum atomic E-state index is 11.3. The van der Waals surface area contributed by atoms with Gasteiger partial charge >= 0.3 is 0 Å². The maximum Gasteiger partial charge on any atom is 0.244 e. The van der Waals surface area contributed by atoms with Crippen molar-refractivity contribution in [3.8, 4) is 5.75 Å². The molecule has 4 nitrogen and oxygen atoms in total. The molecule has 0 saturated heterocycles. The molecular formula is C12H14N2O2. The largest absolute Gasteiger partial charge is 0.493 e. The molecule has 2 rings (SSSR count). The summed E-state index contributed by atoms with van der Waals surface area (Å²) in [6.07, 6.45) is 2.62. The van der Waals surface area contributed by atoms with E-state index in [2.05, 4.69) is 12.0 Å². The molecule has 0 saturated carbocycles. The van der Waals surface area contributed by atoms with Crippen LogP contribution in [0.3, 0.4) is 0 Å². The lowest BCUT2D eigenvalue weighted by Gasteiger charge is -2.05. The van der Waals surface area contributed by atoms with Gasteiger partial charge < -0.3 is 4.74 Å². The average Bonchev–Trinajstić information content (AvgIpc) is 2.70. The highest BCUT2D eigenvalue weighted by Gasteiger charge is 2.09. The Morgan fingerprint density at radius 2 is 2.31 bits per heavy atom. The Bertz CT molecular complexity index is 517. The molecule has 0 unspecified atom stereocenters. The molecule has 1 aromatic carbocycles. The van der Waals surface area contributed by atoms with Crippen molar-refractivity contribution in [3.63, 3.8) is 0 Å². The van der Waals surface area contributed by atoms with Crippen LogP contribution in [0.25, 0.3) is 10.9 Å². The number of aromatic nitrogens is 2. The second kappa shape index (κ2) is 4.35. The zero-order valence-electron chi connectivity index (χ0n) is 9.43. The third-order valence-electron chi connectivity index (χ3n) is 2.33. The third-order valence-corrected chi connectivity index (χ3v) is 2.33. The molecule has 84 valence electrons. The van der Waals surface area contributed by atoms with Gasteiger partial charge in [0.1, 0.15) is 5.75 Å². The molecule has 1 aromatic heterocycles. The van der Waals surface area contributed by atoms with E-state index in [1.165, 1.54) is 11.6 Å². The van der Waals surface area contributed by atoms with Gasteiger partial charge in [0.15, 0.2) is 0 Å². The Morgan fingerprint density at radius 3 is 3.00 bits per heavy atom. The van der Waals surface area contributed by atoms with E-state index in [1.807, 2.05) is 18.2 Å². The van der Waals surface area contributed by atoms with Crippen molar-refractivity contribution in [2.24, 2.45) is 0 Å². The first-order valence-corrected chi connectivity index (χ1v) is 5.34. The van der Waals surface area contributed by atoms with Crippen molar-refractivity contribution >= 4 is 16.8 Å². The van der Waals surface area contributed by atoms with Crippen molar-refractivity contribution in [1.29, 1.82) is 0 Å². The summed E-state index contributed by atoms with van der Waals surface area (Å²) in [6.45, 7) is 4.22. The standard InChI is InChI=1S/C12H14N2O2/c1-3-7-16-12-6-4-5-11-10(12)8-13-14(11)9(2)15/h4-6,8H,3,7H2,1-2H3. The van der Waals surface area contributed by atoms with E-state index in [-0.39, 0.29) is 5.91 Å². The van der Waals surface area contributed by atoms with Crippen molar-refractivity contribution in [1.82, 2.24) is 9.78 Å². The van der Waals surface area contributed by atoms with Crippen molar-refractivity contribution in [2.45, 2.75) is 20.3 Å². The highest BCUT2D eigenvalue weighted by atomic mass is 16.5. The van der Waals surface area contributed by atoms with Crippen LogP contribution in [0.5, 0.6) is 5.75 Å². The molecule has 0 aliphatic rings. The second-order valence-corrected chi connectivity index (χ2v) is 3.61. The van der Waals surface area contributed by atoms with E-state index in [9.17, 15) is 4.79 Å². The fraction of sp³-hybridized carbons (Fsp3) is 0.333. The average molecular weight is 218 g/mol. The van der Waals surface area contributed by atoms with E-state index in [1.54, 1.807) is 6.20 Å². The maximum absolute atomic E-state index is 11.3. The number of hydrogen-bond donors (Lipinski definition) is 0. The normalized spacial score (nSPS) is 10.6. The second-order valence-electron chi connectivity index (χ2n) is 3.61. The minimum Gasteiger partial charge on any atom is -0.493 e. The first-order chi connectivity index (χ1) is 7.74. The van der Waals surface area contributed by atoms with E-state index >= 15 is 0 Å². The van der Waals surface area contributed by atoms with Gasteiger partial charge in [-0.1, -0.05) is 13.0 Å². The number of benzene rings is 1. The third kappa shape index (κ3) is 1.78. The fourth-order valence-corrected chi connectivity index (χ4v) is 1.61. The van der Waals surface area contributed by atoms with Gasteiger partial charge in [0.05, 0.1) is 23.7 Å². The minimum atomic E-state index is -0.0948. The van der Waals surface area contributed by atoms with Crippen LogP contribution in [-0.4, -0.2) is 22.3 Å². The first-order valence-electron chi connectivity index (χ1n) is 5.34. The number of nitrogens with zero attached hydrogens (tertiary/aromatic N) is 2. The lowest BCUT2D eigenvalue weighted by Crippen LogP contribution is -2.06. The van der Waals surface area contributed by atoms with Crippen LogP contribution >= 0.6 is 0 Å². The van der Waals surface area contributed by atoms with Crippen molar-refractivity contribution < 1.29 is 9.53 Å². The smallest absolute Gasteiger partial charge is 0.244 e. The lowest BCUT2D eigenvalue weighted by atomic mass is 10.2. The van der Waals surface area contributed by atoms with Gasteiger partial charge in [0.2, 0.25) is 5.91 Å². The first kappa shape index (κ1) is 10.7. The summed E-state index contributed by atoms with van der Waals surface area (Å²) in [5, 5.41) is 4.93. The van der Waals surface area contributed by atoms with Crippen molar-refractivity contribution in [2.75, 3.05) is 6.61 Å². The molecule has 16 heavy (non-hydrogen) atoms. The summed E-state index contributed by atoms with van der Waals surface area (Å²) >= 11 is 0. The Labute approximate surface area is 93.8 Å². The van der Waals surface area contributed by atoms with Gasteiger partial charge in [-0.15, -0.1) is 0 Å². The molecule has 0 N–H and O–H groups in total. The predicted molar refractivity (Wildman–Crippen MR) is 61.8 cm³/mol. The molecule has 0 fully saturated rings. The molecule has 1 heterocycles. The van der Waals surface area contributed by atoms with Crippen LogP contribution in [-0.2, 0) is 0 Å². The Balaban J connectivity index is 2.49. The highest BCUT2D eigenvalue weighted by Crippen LogP contribution is 2.25. The van der Waals surface area contributed by atoms with Crippen molar-refractivity contribution in [3.05, 3.63) is 24.4 Å². The van der Waals surface area contributed by atoms with Gasteiger partial charge in [0, 0.05) is 6.92 Å². The SMILES string of the molecule is CCCOc1cccc2c1cnn2C(C)=O. The highest BCUT2D eigenvalue weighted by molar-refractivity contribution is 5.92. The molecule has 0 aliphatic carbocycles. The zero-order valence-corrected chi connectivity index (χ0v) is 9.43. The number of ether oxygens (including phenoxy) is 1. The predicted octanol–water partition coefficient (Wildman–Crippen LogP) is 2.49. The summed E-state index contributed by atoms with van der Waals surface area (Å²) in [4.78, 5) is 11.3. The van der Waals surface area contributed by atoms with E-state index in [4.69, 9.17) is 4.74 Å². The molecule has 4 heteroatoms. The molecule has 0 aliphatic heterocycles. The summed E-state index contributed by atoms with van der Waals surface area (Å²) in [5.74, 6) is 0.689. The number of fused-ring (bicyclic) bond motifs is 1. The summed E-state index contributed by atoms with van der Waals surface area (Å²) in [6, 6.07) is 5.63. The van der Waals surface area contributed by atoms with Gasteiger partial charge in [-0.2, -0.15) is 5.10 Å². The monoisotopic (exact) mass is 218 g/mol. The summed E-state index contributed by atoms with van der Waals surface area (Å²) in [7, 11) is 0. The van der Waals surface area contributed by atoms with E-state index in [0.717, 1.165) is 23.1 Å². The van der Waals surface area contributed by atoms with Gasteiger partial charge in [-0.05, 0) is 18.6 Å². The van der Waals surface area contributed by atoms with Crippen LogP contribution in [0.15, 0.2) is 24.4 Å². The molecule has 0 amide bonds. The minimum absolute atomic E-state index is 0.0948. The number of carbonyl (C=O) groups is 1. The summed E-state index contributed by atoms with van der Waals surface area (Å²) in [5.41, 5.74) is 0.793. The number of hydrogen-bond acceptors (Lipinski definition) is 3. The Morgan fingerprint density at radius 1 is 1.50 bits per heavy atom. The molecule has 2 aromatic rings. The Kier molecular flexibility index (Phi) is 2.90. The van der Waals surface area contributed by atoms with Crippen LogP contribution in [0, 0.1) is 0 Å². The molecule has 0 atom stereocenters. The molecule has 0 bridgehead atoms. The zero-order chi connectivity index (χ0) is 11.5. The van der Waals surface area contributed by atoms with Gasteiger partial charge in [-0.3, -0.25) is 4.79 Å². The quantitative estimate of drug-likeness (QED) is 0.795. The molecular weight excluding hydrogens is 204 g/mol. The van der Waals surface area contributed by atoms with Crippen LogP contribution in [0.4, 0.5) is 0 Å². The van der Waals surface area contributed by atoms with Crippen LogP contribution < -0.4 is 4.74 Å². The number of carbonyl (C=O) groups excluding carboxylic acids is 1. The topological polar surface area (TPSA) is 44.1 Å². The van der Waals surface area contributed by atoms with Gasteiger partial charge in [0.25, 0.3) is 0 Å². The van der Waals surface area contributed by atoms with Crippen LogP contribution in [0.1, 0.15) is 25.1 Å². The van der Waals surface area contributed by atoms with E-state index in [0.29, 0.717) is 6.61 Å². The summed E-state index contributed by atoms with van der Waals surface area (Å²) < 4.78 is 6.98.